The normalized spacial score (nSPS) is 10.4. The summed E-state index contributed by atoms with van der Waals surface area (Å²) >= 11 is 12.0. The van der Waals surface area contributed by atoms with Crippen molar-refractivity contribution in [3.05, 3.63) is 51.1 Å². The Morgan fingerprint density at radius 1 is 1.33 bits per heavy atom. The van der Waals surface area contributed by atoms with Crippen molar-refractivity contribution in [1.82, 2.24) is 9.55 Å². The van der Waals surface area contributed by atoms with Crippen molar-refractivity contribution in [1.29, 1.82) is 0 Å². The molecule has 2 aromatic rings. The van der Waals surface area contributed by atoms with Crippen molar-refractivity contribution in [2.24, 2.45) is 0 Å². The zero-order valence-electron chi connectivity index (χ0n) is 10.8. The van der Waals surface area contributed by atoms with Crippen molar-refractivity contribution in [2.75, 3.05) is 11.1 Å². The maximum atomic E-state index is 11.9. The summed E-state index contributed by atoms with van der Waals surface area (Å²) < 4.78 is 1.34. The number of nitrogens with zero attached hydrogens (tertiary/aromatic N) is 2. The van der Waals surface area contributed by atoms with E-state index >= 15 is 0 Å². The zero-order valence-corrected chi connectivity index (χ0v) is 12.4. The van der Waals surface area contributed by atoms with E-state index in [-0.39, 0.29) is 34.5 Å². The van der Waals surface area contributed by atoms with Gasteiger partial charge in [-0.2, -0.15) is 0 Å². The van der Waals surface area contributed by atoms with Gasteiger partial charge >= 0.3 is 0 Å². The van der Waals surface area contributed by atoms with Crippen molar-refractivity contribution >= 4 is 40.5 Å². The van der Waals surface area contributed by atoms with Crippen LogP contribution in [0.5, 0.6) is 0 Å². The quantitative estimate of drug-likeness (QED) is 0.842. The molecular weight excluding hydrogens is 315 g/mol. The van der Waals surface area contributed by atoms with E-state index in [2.05, 4.69) is 10.3 Å². The third-order valence-corrected chi connectivity index (χ3v) is 3.30. The smallest absolute Gasteiger partial charge is 0.253 e. The summed E-state index contributed by atoms with van der Waals surface area (Å²) in [7, 11) is 0. The number of nitrogen functional groups attached to an aromatic ring is 1. The van der Waals surface area contributed by atoms with Gasteiger partial charge in [-0.3, -0.25) is 14.2 Å². The van der Waals surface area contributed by atoms with Gasteiger partial charge in [0.05, 0.1) is 22.1 Å². The Balaban J connectivity index is 2.03. The first-order chi connectivity index (χ1) is 9.97. The average molecular weight is 327 g/mol. The number of nitrogens with two attached hydrogens (primary N) is 1. The number of hydrogen-bond donors (Lipinski definition) is 2. The van der Waals surface area contributed by atoms with Crippen LogP contribution in [-0.4, -0.2) is 15.5 Å². The molecule has 8 heteroatoms. The molecule has 2 rings (SSSR count). The predicted octanol–water partition coefficient (Wildman–Crippen LogP) is 2.16. The number of aryl methyl sites for hydroxylation is 1. The number of nitrogens with one attached hydrogen (secondary N) is 1. The Labute approximate surface area is 130 Å². The van der Waals surface area contributed by atoms with E-state index in [4.69, 9.17) is 28.9 Å². The second kappa shape index (κ2) is 6.60. The Kier molecular flexibility index (Phi) is 4.82. The first kappa shape index (κ1) is 15.3. The lowest BCUT2D eigenvalue weighted by atomic mass is 10.2. The molecule has 0 radical (unpaired) electrons. The van der Waals surface area contributed by atoms with Gasteiger partial charge in [-0.25, -0.2) is 4.98 Å². The number of aromatic nitrogens is 2. The van der Waals surface area contributed by atoms with Gasteiger partial charge in [0, 0.05) is 30.9 Å². The third kappa shape index (κ3) is 3.96. The standard InChI is InChI=1S/C13H12Cl2N4O2/c14-9-5-8(16)6-10(15)13(9)18-11(20)2-4-19-7-17-3-1-12(19)21/h1,3,5-7H,2,4,16H2,(H,18,20). The molecule has 0 fully saturated rings. The molecule has 110 valence electrons. The van der Waals surface area contributed by atoms with Crippen LogP contribution in [0, 0.1) is 0 Å². The summed E-state index contributed by atoms with van der Waals surface area (Å²) in [5, 5.41) is 3.11. The van der Waals surface area contributed by atoms with Gasteiger partial charge in [0.1, 0.15) is 0 Å². The Bertz CT molecular complexity index is 707. The topological polar surface area (TPSA) is 90.0 Å². The number of carbonyl (C=O) groups is 1. The number of carbonyl (C=O) groups excluding carboxylic acids is 1. The molecule has 0 saturated heterocycles. The lowest BCUT2D eigenvalue weighted by Crippen LogP contribution is -2.22. The summed E-state index contributed by atoms with van der Waals surface area (Å²) in [6.07, 6.45) is 2.86. The Morgan fingerprint density at radius 2 is 2.00 bits per heavy atom. The molecule has 0 aliphatic heterocycles. The molecule has 0 spiro atoms. The zero-order chi connectivity index (χ0) is 15.4. The number of anilines is 2. The molecule has 0 saturated carbocycles. The molecule has 1 heterocycles. The fourth-order valence-electron chi connectivity index (χ4n) is 1.68. The summed E-state index contributed by atoms with van der Waals surface area (Å²) in [4.78, 5) is 27.2. The highest BCUT2D eigenvalue weighted by molar-refractivity contribution is 6.40. The highest BCUT2D eigenvalue weighted by Gasteiger charge is 2.11. The van der Waals surface area contributed by atoms with Gasteiger partial charge in [-0.1, -0.05) is 23.2 Å². The average Bonchev–Trinajstić information content (AvgIpc) is 2.42. The minimum atomic E-state index is -0.320. The number of amides is 1. The number of benzene rings is 1. The SMILES string of the molecule is Nc1cc(Cl)c(NC(=O)CCn2cnccc2=O)c(Cl)c1. The summed E-state index contributed by atoms with van der Waals surface area (Å²) in [6.45, 7) is 0.211. The van der Waals surface area contributed by atoms with E-state index in [1.165, 1.54) is 35.3 Å². The van der Waals surface area contributed by atoms with E-state index in [1.807, 2.05) is 0 Å². The Morgan fingerprint density at radius 3 is 2.62 bits per heavy atom. The van der Waals surface area contributed by atoms with Crippen molar-refractivity contribution in [3.63, 3.8) is 0 Å². The maximum Gasteiger partial charge on any atom is 0.253 e. The second-order valence-corrected chi connectivity index (χ2v) is 5.08. The molecule has 1 aromatic carbocycles. The van der Waals surface area contributed by atoms with Gasteiger partial charge < -0.3 is 11.1 Å². The Hall–Kier alpha value is -2.05. The first-order valence-electron chi connectivity index (χ1n) is 6.02. The van der Waals surface area contributed by atoms with Crippen LogP contribution >= 0.6 is 23.2 Å². The van der Waals surface area contributed by atoms with Gasteiger partial charge in [0.15, 0.2) is 0 Å². The lowest BCUT2D eigenvalue weighted by Gasteiger charge is -2.10. The minimum absolute atomic E-state index is 0.0859. The number of hydrogen-bond acceptors (Lipinski definition) is 4. The molecule has 0 atom stereocenters. The van der Waals surface area contributed by atoms with Crippen LogP contribution in [0.3, 0.4) is 0 Å². The van der Waals surface area contributed by atoms with Crippen LogP contribution in [0.4, 0.5) is 11.4 Å². The molecule has 6 nitrogen and oxygen atoms in total. The fourth-order valence-corrected chi connectivity index (χ4v) is 2.28. The van der Waals surface area contributed by atoms with Crippen molar-refractivity contribution in [2.45, 2.75) is 13.0 Å². The van der Waals surface area contributed by atoms with E-state index < -0.39 is 0 Å². The van der Waals surface area contributed by atoms with Crippen LogP contribution < -0.4 is 16.6 Å². The highest BCUT2D eigenvalue weighted by Crippen LogP contribution is 2.32. The van der Waals surface area contributed by atoms with Gasteiger partial charge in [0.25, 0.3) is 5.56 Å². The summed E-state index contributed by atoms with van der Waals surface area (Å²) in [5.74, 6) is -0.320. The molecular formula is C13H12Cl2N4O2. The number of halogens is 2. The molecule has 1 amide bonds. The molecule has 0 unspecified atom stereocenters. The molecule has 21 heavy (non-hydrogen) atoms. The van der Waals surface area contributed by atoms with Crippen LogP contribution in [0.2, 0.25) is 10.0 Å². The largest absolute Gasteiger partial charge is 0.399 e. The highest BCUT2D eigenvalue weighted by atomic mass is 35.5. The molecule has 0 aliphatic carbocycles. The first-order valence-corrected chi connectivity index (χ1v) is 6.78. The molecule has 0 bridgehead atoms. The minimum Gasteiger partial charge on any atom is -0.399 e. The maximum absolute atomic E-state index is 11.9. The number of rotatable bonds is 4. The van der Waals surface area contributed by atoms with E-state index in [9.17, 15) is 9.59 Å². The van der Waals surface area contributed by atoms with Crippen LogP contribution in [0.25, 0.3) is 0 Å². The second-order valence-electron chi connectivity index (χ2n) is 4.27. The third-order valence-electron chi connectivity index (χ3n) is 2.70. The van der Waals surface area contributed by atoms with Gasteiger partial charge in [-0.15, -0.1) is 0 Å². The van der Waals surface area contributed by atoms with E-state index in [0.29, 0.717) is 11.4 Å². The fraction of sp³-hybridized carbons (Fsp3) is 0.154. The van der Waals surface area contributed by atoms with Gasteiger partial charge in [0.2, 0.25) is 5.91 Å². The molecule has 0 aliphatic rings. The van der Waals surface area contributed by atoms with Crippen molar-refractivity contribution < 1.29 is 4.79 Å². The van der Waals surface area contributed by atoms with Crippen molar-refractivity contribution in [3.8, 4) is 0 Å². The van der Waals surface area contributed by atoms with E-state index in [0.717, 1.165) is 0 Å². The lowest BCUT2D eigenvalue weighted by molar-refractivity contribution is -0.116. The molecule has 3 N–H and O–H groups in total. The predicted molar refractivity (Wildman–Crippen MR) is 82.6 cm³/mol. The van der Waals surface area contributed by atoms with E-state index in [1.54, 1.807) is 0 Å². The molecule has 1 aromatic heterocycles. The monoisotopic (exact) mass is 326 g/mol. The summed E-state index contributed by atoms with van der Waals surface area (Å²) in [6, 6.07) is 4.31. The van der Waals surface area contributed by atoms with Crippen LogP contribution in [0.1, 0.15) is 6.42 Å². The summed E-state index contributed by atoms with van der Waals surface area (Å²) in [5.41, 5.74) is 6.07. The van der Waals surface area contributed by atoms with Crippen LogP contribution in [0.15, 0.2) is 35.5 Å². The van der Waals surface area contributed by atoms with Crippen LogP contribution in [-0.2, 0) is 11.3 Å². The van der Waals surface area contributed by atoms with Gasteiger partial charge in [-0.05, 0) is 12.1 Å².